The van der Waals surface area contributed by atoms with E-state index in [0.717, 1.165) is 13.0 Å². The first-order valence-corrected chi connectivity index (χ1v) is 5.99. The van der Waals surface area contributed by atoms with E-state index in [1.165, 1.54) is 0 Å². The van der Waals surface area contributed by atoms with Gasteiger partial charge in [0.25, 0.3) is 0 Å². The molecule has 2 N–H and O–H groups in total. The number of sulfone groups is 1. The van der Waals surface area contributed by atoms with Crippen LogP contribution in [0.5, 0.6) is 0 Å². The van der Waals surface area contributed by atoms with Gasteiger partial charge in [0.1, 0.15) is 0 Å². The fourth-order valence-electron chi connectivity index (χ4n) is 1.35. The third kappa shape index (κ3) is 2.43. The minimum atomic E-state index is -2.99. The highest BCUT2D eigenvalue weighted by molar-refractivity contribution is 7.91. The number of aliphatic hydroxyl groups is 1. The molecule has 72 valence electrons. The molecular weight excluding hydrogens is 178 g/mol. The second-order valence-corrected chi connectivity index (χ2v) is 5.36. The van der Waals surface area contributed by atoms with Crippen molar-refractivity contribution in [3.8, 4) is 0 Å². The number of aliphatic hydroxyl groups excluding tert-OH is 1. The number of hydrogen-bond acceptors (Lipinski definition) is 4. The highest BCUT2D eigenvalue weighted by Gasteiger charge is 2.35. The van der Waals surface area contributed by atoms with Gasteiger partial charge in [-0.25, -0.2) is 8.42 Å². The molecule has 5 heteroatoms. The molecule has 1 fully saturated rings. The average Bonchev–Trinajstić information content (AvgIpc) is 2.20. The molecule has 0 bridgehead atoms. The zero-order chi connectivity index (χ0) is 9.19. The molecule has 0 aliphatic carbocycles. The summed E-state index contributed by atoms with van der Waals surface area (Å²) < 4.78 is 22.0. The van der Waals surface area contributed by atoms with Crippen LogP contribution in [0.4, 0.5) is 0 Å². The lowest BCUT2D eigenvalue weighted by atomic mass is 10.2. The lowest BCUT2D eigenvalue weighted by molar-refractivity contribution is 0.166. The largest absolute Gasteiger partial charge is 0.390 e. The van der Waals surface area contributed by atoms with Crippen molar-refractivity contribution in [2.45, 2.75) is 25.5 Å². The van der Waals surface area contributed by atoms with Gasteiger partial charge in [-0.15, -0.1) is 0 Å². The van der Waals surface area contributed by atoms with Gasteiger partial charge in [-0.3, -0.25) is 0 Å². The third-order valence-corrected chi connectivity index (χ3v) is 3.70. The Morgan fingerprint density at radius 1 is 1.50 bits per heavy atom. The van der Waals surface area contributed by atoms with Gasteiger partial charge in [0.2, 0.25) is 0 Å². The van der Waals surface area contributed by atoms with Gasteiger partial charge in [0.15, 0.2) is 9.84 Å². The van der Waals surface area contributed by atoms with Crippen LogP contribution >= 0.6 is 0 Å². The zero-order valence-corrected chi connectivity index (χ0v) is 7.97. The van der Waals surface area contributed by atoms with E-state index >= 15 is 0 Å². The van der Waals surface area contributed by atoms with E-state index in [9.17, 15) is 13.5 Å². The Kier molecular flexibility index (Phi) is 3.09. The van der Waals surface area contributed by atoms with Gasteiger partial charge in [0, 0.05) is 6.04 Å². The van der Waals surface area contributed by atoms with E-state index in [1.807, 2.05) is 6.92 Å². The Morgan fingerprint density at radius 2 is 2.17 bits per heavy atom. The van der Waals surface area contributed by atoms with E-state index in [2.05, 4.69) is 5.32 Å². The quantitative estimate of drug-likeness (QED) is 0.612. The standard InChI is InChI=1S/C7H15NO3S/c1-2-3-8-6-4-12(10,11)5-7(6)9/h6-9H,2-5H2,1H3/t6-,7+/m0/s1. The first kappa shape index (κ1) is 9.95. The van der Waals surface area contributed by atoms with Gasteiger partial charge in [0.05, 0.1) is 17.6 Å². The molecule has 0 amide bonds. The van der Waals surface area contributed by atoms with Crippen LogP contribution in [0.1, 0.15) is 13.3 Å². The maximum absolute atomic E-state index is 11.0. The van der Waals surface area contributed by atoms with Crippen LogP contribution in [0.3, 0.4) is 0 Å². The molecule has 2 atom stereocenters. The average molecular weight is 193 g/mol. The van der Waals surface area contributed by atoms with Crippen LogP contribution < -0.4 is 5.32 Å². The Bertz CT molecular complexity index is 237. The molecule has 0 aromatic carbocycles. The monoisotopic (exact) mass is 193 g/mol. The van der Waals surface area contributed by atoms with Crippen molar-refractivity contribution in [2.75, 3.05) is 18.1 Å². The summed E-state index contributed by atoms with van der Waals surface area (Å²) in [5, 5.41) is 12.3. The predicted octanol–water partition coefficient (Wildman–Crippen LogP) is -0.856. The third-order valence-electron chi connectivity index (χ3n) is 1.98. The van der Waals surface area contributed by atoms with Crippen LogP contribution in [0.15, 0.2) is 0 Å². The number of nitrogens with one attached hydrogen (secondary N) is 1. The lowest BCUT2D eigenvalue weighted by Crippen LogP contribution is -2.39. The van der Waals surface area contributed by atoms with E-state index in [-0.39, 0.29) is 17.5 Å². The fraction of sp³-hybridized carbons (Fsp3) is 1.00. The van der Waals surface area contributed by atoms with Crippen LogP contribution in [0.25, 0.3) is 0 Å². The van der Waals surface area contributed by atoms with Crippen LogP contribution in [-0.4, -0.2) is 43.7 Å². The molecule has 0 aromatic heterocycles. The molecule has 1 rings (SSSR count). The van der Waals surface area contributed by atoms with E-state index in [1.54, 1.807) is 0 Å². The van der Waals surface area contributed by atoms with Gasteiger partial charge in [-0.1, -0.05) is 6.92 Å². The fourth-order valence-corrected chi connectivity index (χ4v) is 3.13. The predicted molar refractivity (Wildman–Crippen MR) is 46.7 cm³/mol. The first-order chi connectivity index (χ1) is 5.55. The Balaban J connectivity index is 2.47. The summed E-state index contributed by atoms with van der Waals surface area (Å²) in [5.74, 6) is -0.0114. The molecule has 4 nitrogen and oxygen atoms in total. The minimum Gasteiger partial charge on any atom is -0.390 e. The van der Waals surface area contributed by atoms with Gasteiger partial charge in [-0.05, 0) is 13.0 Å². The van der Waals surface area contributed by atoms with Crippen LogP contribution in [-0.2, 0) is 9.84 Å². The summed E-state index contributed by atoms with van der Waals surface area (Å²) in [7, 11) is -2.99. The molecule has 1 aliphatic heterocycles. The lowest BCUT2D eigenvalue weighted by Gasteiger charge is -2.13. The van der Waals surface area contributed by atoms with E-state index in [0.29, 0.717) is 0 Å². The topological polar surface area (TPSA) is 66.4 Å². The van der Waals surface area contributed by atoms with Crippen molar-refractivity contribution in [1.29, 1.82) is 0 Å². The molecule has 0 unspecified atom stereocenters. The summed E-state index contributed by atoms with van der Waals surface area (Å²) in [6, 6.07) is -0.255. The van der Waals surface area contributed by atoms with Crippen molar-refractivity contribution in [1.82, 2.24) is 5.32 Å². The highest BCUT2D eigenvalue weighted by atomic mass is 32.2. The molecule has 0 radical (unpaired) electrons. The smallest absolute Gasteiger partial charge is 0.154 e. The summed E-state index contributed by atoms with van der Waals surface area (Å²) in [4.78, 5) is 0. The summed E-state index contributed by atoms with van der Waals surface area (Å²) in [5.41, 5.74) is 0. The molecule has 1 saturated heterocycles. The Morgan fingerprint density at radius 3 is 2.58 bits per heavy atom. The van der Waals surface area contributed by atoms with Crippen molar-refractivity contribution >= 4 is 9.84 Å². The molecule has 1 aliphatic rings. The molecule has 0 aromatic rings. The molecular formula is C7H15NO3S. The van der Waals surface area contributed by atoms with Gasteiger partial charge >= 0.3 is 0 Å². The number of hydrogen-bond donors (Lipinski definition) is 2. The zero-order valence-electron chi connectivity index (χ0n) is 7.16. The van der Waals surface area contributed by atoms with Crippen molar-refractivity contribution in [3.63, 3.8) is 0 Å². The summed E-state index contributed by atoms with van der Waals surface area (Å²) in [6.45, 7) is 2.76. The van der Waals surface area contributed by atoms with Crippen LogP contribution in [0, 0.1) is 0 Å². The second-order valence-electron chi connectivity index (χ2n) is 3.20. The van der Waals surface area contributed by atoms with E-state index in [4.69, 9.17) is 0 Å². The van der Waals surface area contributed by atoms with Crippen molar-refractivity contribution in [2.24, 2.45) is 0 Å². The maximum atomic E-state index is 11.0. The van der Waals surface area contributed by atoms with Crippen LogP contribution in [0.2, 0.25) is 0 Å². The minimum absolute atomic E-state index is 0.0775. The molecule has 0 spiro atoms. The summed E-state index contributed by atoms with van der Waals surface area (Å²) in [6.07, 6.45) is 0.227. The van der Waals surface area contributed by atoms with Gasteiger partial charge in [-0.2, -0.15) is 0 Å². The SMILES string of the molecule is CCCN[C@H]1CS(=O)(=O)C[C@H]1O. The number of rotatable bonds is 3. The molecule has 1 heterocycles. The second kappa shape index (κ2) is 3.72. The highest BCUT2D eigenvalue weighted by Crippen LogP contribution is 2.11. The van der Waals surface area contributed by atoms with Gasteiger partial charge < -0.3 is 10.4 Å². The van der Waals surface area contributed by atoms with E-state index < -0.39 is 15.9 Å². The molecule has 12 heavy (non-hydrogen) atoms. The van der Waals surface area contributed by atoms with Crippen molar-refractivity contribution in [3.05, 3.63) is 0 Å². The normalized spacial score (nSPS) is 33.8. The Labute approximate surface area is 72.9 Å². The molecule has 0 saturated carbocycles. The first-order valence-electron chi connectivity index (χ1n) is 4.17. The maximum Gasteiger partial charge on any atom is 0.154 e. The van der Waals surface area contributed by atoms with Crippen molar-refractivity contribution < 1.29 is 13.5 Å². The Hall–Kier alpha value is -0.130. The summed E-state index contributed by atoms with van der Waals surface area (Å²) >= 11 is 0.